The lowest BCUT2D eigenvalue weighted by Crippen LogP contribution is -2.35. The summed E-state index contributed by atoms with van der Waals surface area (Å²) in [5.74, 6) is 0.232. The van der Waals surface area contributed by atoms with Gasteiger partial charge in [-0.15, -0.1) is 0 Å². The summed E-state index contributed by atoms with van der Waals surface area (Å²) in [6.07, 6.45) is -0.122. The number of nitrogens with zero attached hydrogens (tertiary/aromatic N) is 1. The molecule has 0 radical (unpaired) electrons. The third kappa shape index (κ3) is 7.07. The number of hydrogen-bond donors (Lipinski definition) is 6. The van der Waals surface area contributed by atoms with Gasteiger partial charge in [0.25, 0.3) is 0 Å². The second kappa shape index (κ2) is 10.3. The summed E-state index contributed by atoms with van der Waals surface area (Å²) in [6.45, 7) is 5.54. The maximum Gasteiger partial charge on any atom is 0.339 e. The molecular weight excluding hydrogens is 462 g/mol. The predicted molar refractivity (Wildman–Crippen MR) is 128 cm³/mol. The monoisotopic (exact) mass is 491 g/mol. The number of aromatic nitrogens is 2. The molecule has 11 nitrogen and oxygen atoms in total. The molecule has 1 unspecified atom stereocenters. The van der Waals surface area contributed by atoms with Crippen molar-refractivity contribution in [3.05, 3.63) is 42.5 Å². The van der Waals surface area contributed by atoms with Crippen LogP contribution in [0.2, 0.25) is 0 Å². The summed E-state index contributed by atoms with van der Waals surface area (Å²) in [5, 5.41) is 27.4. The van der Waals surface area contributed by atoms with E-state index in [0.717, 1.165) is 0 Å². The molecule has 0 aliphatic rings. The Morgan fingerprint density at radius 1 is 1.21 bits per heavy atom. The minimum absolute atomic E-state index is 0.0284. The van der Waals surface area contributed by atoms with Crippen LogP contribution in [0.4, 0.5) is 16.4 Å². The number of carbonyl (C=O) groups excluding carboxylic acids is 1. The van der Waals surface area contributed by atoms with Crippen LogP contribution in [0.3, 0.4) is 0 Å². The molecule has 0 saturated heterocycles. The Kier molecular flexibility index (Phi) is 7.64. The van der Waals surface area contributed by atoms with Gasteiger partial charge in [0.05, 0.1) is 22.7 Å². The van der Waals surface area contributed by atoms with E-state index in [1.165, 1.54) is 24.3 Å². The summed E-state index contributed by atoms with van der Waals surface area (Å²) >= 11 is 0. The van der Waals surface area contributed by atoms with Gasteiger partial charge in [-0.05, 0) is 56.7 Å². The number of aromatic amines is 1. The molecular formula is C22H29N5O6S. The topological polar surface area (TPSA) is 166 Å². The zero-order chi connectivity index (χ0) is 24.9. The number of aliphatic hydroxyl groups is 2. The molecule has 0 spiro atoms. The van der Waals surface area contributed by atoms with E-state index in [4.69, 9.17) is 4.18 Å². The van der Waals surface area contributed by atoms with E-state index >= 15 is 0 Å². The van der Waals surface area contributed by atoms with Crippen LogP contribution in [0.1, 0.15) is 27.2 Å². The number of anilines is 2. The van der Waals surface area contributed by atoms with Crippen LogP contribution >= 0.6 is 0 Å². The number of H-pyrrole nitrogens is 1. The minimum atomic E-state index is -4.09. The van der Waals surface area contributed by atoms with Gasteiger partial charge < -0.3 is 30.0 Å². The first-order chi connectivity index (χ1) is 15.9. The van der Waals surface area contributed by atoms with Crippen molar-refractivity contribution in [1.82, 2.24) is 15.3 Å². The van der Waals surface area contributed by atoms with Gasteiger partial charge in [-0.3, -0.25) is 5.32 Å². The van der Waals surface area contributed by atoms with E-state index in [2.05, 4.69) is 25.9 Å². The summed E-state index contributed by atoms with van der Waals surface area (Å²) in [7, 11) is -4.09. The van der Waals surface area contributed by atoms with Crippen LogP contribution in [0.25, 0.3) is 11.0 Å². The number of nitrogens with one attached hydrogen (secondary N) is 4. The Hall–Kier alpha value is -3.35. The molecule has 34 heavy (non-hydrogen) atoms. The van der Waals surface area contributed by atoms with Crippen molar-refractivity contribution in [2.45, 2.75) is 43.8 Å². The highest BCUT2D eigenvalue weighted by molar-refractivity contribution is 7.87. The van der Waals surface area contributed by atoms with Crippen LogP contribution < -0.4 is 20.1 Å². The van der Waals surface area contributed by atoms with Gasteiger partial charge in [0, 0.05) is 24.8 Å². The van der Waals surface area contributed by atoms with E-state index in [0.29, 0.717) is 29.7 Å². The highest BCUT2D eigenvalue weighted by Gasteiger charge is 2.18. The predicted octanol–water partition coefficient (Wildman–Crippen LogP) is 2.41. The summed E-state index contributed by atoms with van der Waals surface area (Å²) in [5.41, 5.74) is 0.711. The average molecular weight is 492 g/mol. The highest BCUT2D eigenvalue weighted by atomic mass is 32.2. The third-order valence-electron chi connectivity index (χ3n) is 4.73. The van der Waals surface area contributed by atoms with E-state index in [1.807, 2.05) is 0 Å². The second-order valence-corrected chi connectivity index (χ2v) is 9.94. The third-order valence-corrected chi connectivity index (χ3v) is 5.99. The fraction of sp³-hybridized carbons (Fsp3) is 0.364. The number of carbonyl (C=O) groups is 1. The first-order valence-corrected chi connectivity index (χ1v) is 12.1. The molecule has 3 rings (SSSR count). The van der Waals surface area contributed by atoms with E-state index in [1.54, 1.807) is 39.0 Å². The first kappa shape index (κ1) is 25.3. The molecule has 6 N–H and O–H groups in total. The van der Waals surface area contributed by atoms with Crippen molar-refractivity contribution in [2.75, 3.05) is 23.7 Å². The number of fused-ring (bicyclic) bond motifs is 1. The maximum atomic E-state index is 12.7. The Morgan fingerprint density at radius 2 is 1.91 bits per heavy atom. The fourth-order valence-electron chi connectivity index (χ4n) is 2.84. The molecule has 1 atom stereocenters. The highest BCUT2D eigenvalue weighted by Crippen LogP contribution is 2.24. The molecule has 0 saturated carbocycles. The van der Waals surface area contributed by atoms with Gasteiger partial charge >= 0.3 is 16.1 Å². The van der Waals surface area contributed by atoms with Gasteiger partial charge in [-0.1, -0.05) is 6.92 Å². The molecule has 2 amide bonds. The lowest BCUT2D eigenvalue weighted by Gasteiger charge is -2.18. The molecule has 1 aromatic heterocycles. The fourth-order valence-corrected chi connectivity index (χ4v) is 3.76. The Balaban J connectivity index is 1.66. The second-order valence-electron chi connectivity index (χ2n) is 8.39. The van der Waals surface area contributed by atoms with Gasteiger partial charge in [-0.2, -0.15) is 8.42 Å². The number of aliphatic hydroxyl groups excluding tert-OH is 1. The smallest absolute Gasteiger partial charge is 0.339 e. The van der Waals surface area contributed by atoms with Crippen LogP contribution in [-0.2, 0) is 10.1 Å². The Labute approximate surface area is 197 Å². The average Bonchev–Trinajstić information content (AvgIpc) is 3.17. The van der Waals surface area contributed by atoms with E-state index < -0.39 is 27.9 Å². The number of hydrogen-bond acceptors (Lipinski definition) is 8. The normalized spacial score (nSPS) is 12.9. The number of rotatable bonds is 10. The molecule has 184 valence electrons. The van der Waals surface area contributed by atoms with Crippen molar-refractivity contribution in [1.29, 1.82) is 0 Å². The maximum absolute atomic E-state index is 12.7. The van der Waals surface area contributed by atoms with Crippen molar-refractivity contribution in [2.24, 2.45) is 0 Å². The van der Waals surface area contributed by atoms with Crippen LogP contribution in [0.15, 0.2) is 47.4 Å². The minimum Gasteiger partial charge on any atom is -0.391 e. The number of urea groups is 1. The van der Waals surface area contributed by atoms with Crippen LogP contribution in [-0.4, -0.2) is 59.4 Å². The van der Waals surface area contributed by atoms with Crippen LogP contribution in [0.5, 0.6) is 5.75 Å². The lowest BCUT2D eigenvalue weighted by atomic mass is 10.1. The molecule has 12 heteroatoms. The summed E-state index contributed by atoms with van der Waals surface area (Å²) in [4.78, 5) is 19.0. The Bertz CT molecular complexity index is 1230. The lowest BCUT2D eigenvalue weighted by molar-refractivity contribution is 0.0945. The van der Waals surface area contributed by atoms with E-state index in [-0.39, 0.29) is 23.1 Å². The number of amides is 2. The zero-order valence-electron chi connectivity index (χ0n) is 19.1. The SMILES string of the molecule is CCC(O)CNC(=O)Nc1nc2ccc(OS(=O)(=O)c3ccc(NCC(C)(C)O)cc3)cc2[nH]1. The van der Waals surface area contributed by atoms with Crippen molar-refractivity contribution in [3.63, 3.8) is 0 Å². The van der Waals surface area contributed by atoms with Gasteiger partial charge in [0.15, 0.2) is 0 Å². The zero-order valence-corrected chi connectivity index (χ0v) is 19.9. The molecule has 0 fully saturated rings. The van der Waals surface area contributed by atoms with E-state index in [9.17, 15) is 23.4 Å². The largest absolute Gasteiger partial charge is 0.391 e. The number of imidazole rings is 1. The molecule has 2 aromatic carbocycles. The van der Waals surface area contributed by atoms with Gasteiger partial charge in [0.1, 0.15) is 10.6 Å². The molecule has 0 bridgehead atoms. The quantitative estimate of drug-likeness (QED) is 0.235. The summed E-state index contributed by atoms with van der Waals surface area (Å²) in [6, 6.07) is 9.94. The Morgan fingerprint density at radius 3 is 2.56 bits per heavy atom. The van der Waals surface area contributed by atoms with Crippen molar-refractivity contribution >= 4 is 38.8 Å². The molecule has 0 aliphatic heterocycles. The van der Waals surface area contributed by atoms with Gasteiger partial charge in [0.2, 0.25) is 5.95 Å². The standard InChI is InChI=1S/C22H29N5O6S/c1-4-15(28)12-23-21(29)27-20-25-18-10-7-16(11-19(18)26-20)33-34(31,32)17-8-5-14(6-9-17)24-13-22(2,3)30/h5-11,15,24,28,30H,4,12-13H2,1-3H3,(H3,23,25,26,27,29). The molecule has 1 heterocycles. The summed E-state index contributed by atoms with van der Waals surface area (Å²) < 4.78 is 30.6. The number of benzene rings is 2. The molecule has 0 aliphatic carbocycles. The molecule has 3 aromatic rings. The van der Waals surface area contributed by atoms with Crippen molar-refractivity contribution in [3.8, 4) is 5.75 Å². The van der Waals surface area contributed by atoms with Gasteiger partial charge in [-0.25, -0.2) is 9.78 Å². The van der Waals surface area contributed by atoms with Crippen LogP contribution in [0, 0.1) is 0 Å². The van der Waals surface area contributed by atoms with Crippen molar-refractivity contribution < 1.29 is 27.6 Å². The first-order valence-electron chi connectivity index (χ1n) is 10.7.